The number of piperidine rings is 1. The molecule has 0 bridgehead atoms. The topological polar surface area (TPSA) is 63.9 Å². The Bertz CT molecular complexity index is 602. The number of carbonyl (C=O) groups excluding carboxylic acids is 1. The number of hydrogen-bond acceptors (Lipinski definition) is 5. The van der Waals surface area contributed by atoms with Crippen LogP contribution in [0, 0.1) is 13.8 Å². The van der Waals surface area contributed by atoms with Gasteiger partial charge in [-0.25, -0.2) is 14.6 Å². The minimum atomic E-state index is 0.107. The van der Waals surface area contributed by atoms with Crippen molar-refractivity contribution < 1.29 is 4.79 Å². The number of thiazole rings is 1. The van der Waals surface area contributed by atoms with Crippen molar-refractivity contribution in [3.63, 3.8) is 0 Å². The monoisotopic (exact) mass is 305 g/mol. The minimum absolute atomic E-state index is 0.107. The van der Waals surface area contributed by atoms with Gasteiger partial charge in [-0.05, 0) is 26.7 Å². The van der Waals surface area contributed by atoms with Crippen LogP contribution in [0.5, 0.6) is 0 Å². The van der Waals surface area contributed by atoms with E-state index in [-0.39, 0.29) is 12.5 Å². The number of rotatable bonds is 3. The van der Waals surface area contributed by atoms with Gasteiger partial charge < -0.3 is 4.90 Å². The van der Waals surface area contributed by atoms with Gasteiger partial charge in [0.25, 0.3) is 0 Å². The summed E-state index contributed by atoms with van der Waals surface area (Å²) in [6.07, 6.45) is 5.17. The molecule has 1 amide bonds. The lowest BCUT2D eigenvalue weighted by molar-refractivity contribution is -0.133. The maximum Gasteiger partial charge on any atom is 0.244 e. The summed E-state index contributed by atoms with van der Waals surface area (Å²) < 4.78 is 1.57. The summed E-state index contributed by atoms with van der Waals surface area (Å²) in [6.45, 7) is 6.01. The van der Waals surface area contributed by atoms with E-state index in [0.29, 0.717) is 5.92 Å². The minimum Gasteiger partial charge on any atom is -0.340 e. The van der Waals surface area contributed by atoms with Crippen LogP contribution < -0.4 is 0 Å². The summed E-state index contributed by atoms with van der Waals surface area (Å²) in [5, 5.41) is 5.16. The molecular weight excluding hydrogens is 286 g/mol. The number of aromatic nitrogens is 4. The third kappa shape index (κ3) is 3.12. The number of aryl methyl sites for hydroxylation is 2. The average Bonchev–Trinajstić information content (AvgIpc) is 3.10. The molecule has 0 unspecified atom stereocenters. The van der Waals surface area contributed by atoms with Gasteiger partial charge in [-0.15, -0.1) is 11.3 Å². The summed E-state index contributed by atoms with van der Waals surface area (Å²) in [6, 6.07) is 0. The van der Waals surface area contributed by atoms with Crippen LogP contribution in [0.1, 0.15) is 34.3 Å². The third-order valence-electron chi connectivity index (χ3n) is 3.93. The first-order valence-corrected chi connectivity index (χ1v) is 7.99. The molecule has 3 heterocycles. The molecule has 1 aliphatic heterocycles. The van der Waals surface area contributed by atoms with E-state index in [1.165, 1.54) is 16.2 Å². The molecule has 0 radical (unpaired) electrons. The first kappa shape index (κ1) is 14.2. The van der Waals surface area contributed by atoms with Crippen molar-refractivity contribution in [2.45, 2.75) is 39.2 Å². The van der Waals surface area contributed by atoms with Gasteiger partial charge in [-0.2, -0.15) is 5.10 Å². The zero-order chi connectivity index (χ0) is 14.8. The average molecular weight is 305 g/mol. The highest BCUT2D eigenvalue weighted by Crippen LogP contribution is 2.31. The Labute approximate surface area is 127 Å². The number of carbonyl (C=O) groups is 1. The Hall–Kier alpha value is -1.76. The molecule has 0 aromatic carbocycles. The molecule has 1 atom stereocenters. The van der Waals surface area contributed by atoms with Crippen molar-refractivity contribution in [2.24, 2.45) is 0 Å². The Balaban J connectivity index is 1.66. The number of nitrogens with zero attached hydrogens (tertiary/aromatic N) is 5. The summed E-state index contributed by atoms with van der Waals surface area (Å²) >= 11 is 1.76. The van der Waals surface area contributed by atoms with Crippen LogP contribution >= 0.6 is 11.3 Å². The Morgan fingerprint density at radius 2 is 2.33 bits per heavy atom. The van der Waals surface area contributed by atoms with E-state index in [1.54, 1.807) is 22.3 Å². The quantitative estimate of drug-likeness (QED) is 0.867. The number of hydrogen-bond donors (Lipinski definition) is 0. The Morgan fingerprint density at radius 3 is 3.00 bits per heavy atom. The lowest BCUT2D eigenvalue weighted by Gasteiger charge is -2.31. The van der Waals surface area contributed by atoms with Crippen LogP contribution in [-0.4, -0.2) is 43.6 Å². The third-order valence-corrected chi connectivity index (χ3v) is 5.17. The maximum atomic E-state index is 12.3. The molecule has 0 saturated carbocycles. The molecule has 1 aliphatic rings. The fraction of sp³-hybridized carbons (Fsp3) is 0.571. The molecule has 3 rings (SSSR count). The number of amides is 1. The highest BCUT2D eigenvalue weighted by atomic mass is 32.1. The second kappa shape index (κ2) is 5.93. The van der Waals surface area contributed by atoms with Crippen LogP contribution in [0.15, 0.2) is 12.7 Å². The van der Waals surface area contributed by atoms with E-state index in [0.717, 1.165) is 31.6 Å². The van der Waals surface area contributed by atoms with Crippen LogP contribution in [0.2, 0.25) is 0 Å². The predicted molar refractivity (Wildman–Crippen MR) is 80.2 cm³/mol. The summed E-state index contributed by atoms with van der Waals surface area (Å²) in [5.74, 6) is 0.478. The molecule has 1 fully saturated rings. The summed E-state index contributed by atoms with van der Waals surface area (Å²) in [7, 11) is 0. The van der Waals surface area contributed by atoms with E-state index in [1.807, 2.05) is 11.8 Å². The molecule has 7 heteroatoms. The SMILES string of the molecule is Cc1nc([C@H]2CCCN(C(=O)Cn3cncn3)C2)sc1C. The second-order valence-corrected chi connectivity index (χ2v) is 6.70. The van der Waals surface area contributed by atoms with Gasteiger partial charge in [-0.1, -0.05) is 0 Å². The summed E-state index contributed by atoms with van der Waals surface area (Å²) in [4.78, 5) is 24.1. The molecule has 0 spiro atoms. The van der Waals surface area contributed by atoms with E-state index in [4.69, 9.17) is 0 Å². The van der Waals surface area contributed by atoms with Crippen molar-refractivity contribution in [3.05, 3.63) is 28.2 Å². The molecule has 1 saturated heterocycles. The summed E-state index contributed by atoms with van der Waals surface area (Å²) in [5.41, 5.74) is 1.11. The molecule has 2 aromatic heterocycles. The van der Waals surface area contributed by atoms with Crippen molar-refractivity contribution in [1.29, 1.82) is 0 Å². The maximum absolute atomic E-state index is 12.3. The highest BCUT2D eigenvalue weighted by molar-refractivity contribution is 7.11. The zero-order valence-corrected chi connectivity index (χ0v) is 13.1. The lowest BCUT2D eigenvalue weighted by atomic mass is 9.98. The van der Waals surface area contributed by atoms with E-state index in [9.17, 15) is 4.79 Å². The molecule has 0 aliphatic carbocycles. The lowest BCUT2D eigenvalue weighted by Crippen LogP contribution is -2.40. The molecule has 0 N–H and O–H groups in total. The van der Waals surface area contributed by atoms with Gasteiger partial charge in [0.1, 0.15) is 19.2 Å². The second-order valence-electron chi connectivity index (χ2n) is 5.47. The van der Waals surface area contributed by atoms with Crippen LogP contribution in [0.3, 0.4) is 0 Å². The van der Waals surface area contributed by atoms with Gasteiger partial charge in [0.05, 0.1) is 10.7 Å². The Kier molecular flexibility index (Phi) is 4.01. The largest absolute Gasteiger partial charge is 0.340 e. The predicted octanol–water partition coefficient (Wildman–Crippen LogP) is 1.76. The van der Waals surface area contributed by atoms with Gasteiger partial charge >= 0.3 is 0 Å². The van der Waals surface area contributed by atoms with Crippen LogP contribution in [0.25, 0.3) is 0 Å². The van der Waals surface area contributed by atoms with Gasteiger partial charge in [0, 0.05) is 23.9 Å². The smallest absolute Gasteiger partial charge is 0.244 e. The first-order valence-electron chi connectivity index (χ1n) is 7.17. The molecule has 2 aromatic rings. The highest BCUT2D eigenvalue weighted by Gasteiger charge is 2.27. The van der Waals surface area contributed by atoms with Gasteiger partial charge in [0.2, 0.25) is 5.91 Å². The van der Waals surface area contributed by atoms with Crippen LogP contribution in [0.4, 0.5) is 0 Å². The normalized spacial score (nSPS) is 19.0. The van der Waals surface area contributed by atoms with E-state index >= 15 is 0 Å². The van der Waals surface area contributed by atoms with Gasteiger partial charge in [0.15, 0.2) is 0 Å². The van der Waals surface area contributed by atoms with E-state index < -0.39 is 0 Å². The van der Waals surface area contributed by atoms with Crippen molar-refractivity contribution in [1.82, 2.24) is 24.6 Å². The van der Waals surface area contributed by atoms with Gasteiger partial charge in [-0.3, -0.25) is 4.79 Å². The zero-order valence-electron chi connectivity index (χ0n) is 12.3. The van der Waals surface area contributed by atoms with Crippen molar-refractivity contribution in [2.75, 3.05) is 13.1 Å². The van der Waals surface area contributed by atoms with E-state index in [2.05, 4.69) is 22.0 Å². The standard InChI is InChI=1S/C14H19N5OS/c1-10-11(2)21-14(17-10)12-4-3-5-18(6-12)13(20)7-19-9-15-8-16-19/h8-9,12H,3-7H2,1-2H3/t12-/m0/s1. The van der Waals surface area contributed by atoms with Crippen molar-refractivity contribution in [3.8, 4) is 0 Å². The molecule has 112 valence electrons. The fourth-order valence-corrected chi connectivity index (χ4v) is 3.68. The molecular formula is C14H19N5OS. The Morgan fingerprint density at radius 1 is 1.48 bits per heavy atom. The fourth-order valence-electron chi connectivity index (χ4n) is 2.63. The van der Waals surface area contributed by atoms with Crippen LogP contribution in [-0.2, 0) is 11.3 Å². The number of likely N-dealkylation sites (tertiary alicyclic amines) is 1. The van der Waals surface area contributed by atoms with Crippen molar-refractivity contribution >= 4 is 17.2 Å². The molecule has 6 nitrogen and oxygen atoms in total. The first-order chi connectivity index (χ1) is 10.1. The molecule has 21 heavy (non-hydrogen) atoms.